The second-order valence-corrected chi connectivity index (χ2v) is 9.87. The van der Waals surface area contributed by atoms with E-state index in [0.29, 0.717) is 18.2 Å². The molecule has 1 fully saturated rings. The largest absolute Gasteiger partial charge is 0.416 e. The van der Waals surface area contributed by atoms with Crippen molar-refractivity contribution in [3.63, 3.8) is 0 Å². The quantitative estimate of drug-likeness (QED) is 0.381. The minimum absolute atomic E-state index is 0.589. The Hall–Kier alpha value is -2.44. The van der Waals surface area contributed by atoms with Gasteiger partial charge in [0.15, 0.2) is 0 Å². The minimum atomic E-state index is -4.34. The number of para-hydroxylation sites is 1. The number of piperidine rings is 1. The summed E-state index contributed by atoms with van der Waals surface area (Å²) in [6, 6.07) is 22.8. The van der Waals surface area contributed by atoms with Crippen molar-refractivity contribution in [2.45, 2.75) is 41.1 Å². The van der Waals surface area contributed by atoms with Crippen LogP contribution in [0.3, 0.4) is 0 Å². The Bertz CT molecular complexity index is 1090. The van der Waals surface area contributed by atoms with Gasteiger partial charge in [-0.2, -0.15) is 13.2 Å². The lowest BCUT2D eigenvalue weighted by molar-refractivity contribution is -0.137. The predicted molar refractivity (Wildman–Crippen MR) is 128 cm³/mol. The first-order valence-electron chi connectivity index (χ1n) is 11.5. The third-order valence-corrected chi connectivity index (χ3v) is 7.80. The average Bonchev–Trinajstić information content (AvgIpc) is 2.83. The molecule has 2 aliphatic heterocycles. The van der Waals surface area contributed by atoms with Crippen LogP contribution in [-0.2, 0) is 6.18 Å². The zero-order chi connectivity index (χ0) is 22.8. The van der Waals surface area contributed by atoms with Gasteiger partial charge in [-0.25, -0.2) is 0 Å². The predicted octanol–water partition coefficient (Wildman–Crippen LogP) is 7.58. The van der Waals surface area contributed by atoms with Crippen LogP contribution in [0, 0.1) is 0 Å². The van der Waals surface area contributed by atoms with Crippen LogP contribution in [0.1, 0.15) is 36.3 Å². The summed E-state index contributed by atoms with van der Waals surface area (Å²) >= 11 is 1.55. The number of nitrogens with zero attached hydrogens (tertiary/aromatic N) is 2. The number of hydrogen-bond acceptors (Lipinski definition) is 3. The normalized spacial score (nSPS) is 17.0. The lowest BCUT2D eigenvalue weighted by Gasteiger charge is -2.35. The molecule has 33 heavy (non-hydrogen) atoms. The number of hydrogen-bond donors (Lipinski definition) is 0. The molecule has 0 aliphatic carbocycles. The molecule has 0 radical (unpaired) electrons. The summed E-state index contributed by atoms with van der Waals surface area (Å²) in [7, 11) is 0. The number of halogens is 3. The molecule has 3 aromatic carbocycles. The molecule has 5 rings (SSSR count). The molecule has 0 unspecified atom stereocenters. The molecule has 3 aromatic rings. The van der Waals surface area contributed by atoms with Gasteiger partial charge in [0.2, 0.25) is 0 Å². The van der Waals surface area contributed by atoms with Crippen molar-refractivity contribution in [2.75, 3.05) is 31.1 Å². The number of rotatable bonds is 5. The van der Waals surface area contributed by atoms with Crippen LogP contribution >= 0.6 is 11.8 Å². The average molecular weight is 469 g/mol. The van der Waals surface area contributed by atoms with E-state index in [2.05, 4.69) is 40.1 Å². The molecule has 0 saturated carbocycles. The Labute approximate surface area is 197 Å². The van der Waals surface area contributed by atoms with Gasteiger partial charge in [0.1, 0.15) is 0 Å². The second kappa shape index (κ2) is 9.43. The van der Waals surface area contributed by atoms with Crippen molar-refractivity contribution in [1.29, 1.82) is 0 Å². The molecular formula is C27H27F3N2S. The Kier molecular flexibility index (Phi) is 6.39. The molecule has 172 valence electrons. The summed E-state index contributed by atoms with van der Waals surface area (Å²) in [6.07, 6.45) is -1.12. The minimum Gasteiger partial charge on any atom is -0.340 e. The van der Waals surface area contributed by atoms with Gasteiger partial charge in [0, 0.05) is 16.3 Å². The van der Waals surface area contributed by atoms with Crippen LogP contribution in [0.5, 0.6) is 0 Å². The van der Waals surface area contributed by atoms with E-state index in [1.165, 1.54) is 17.7 Å². The Morgan fingerprint density at radius 2 is 1.48 bits per heavy atom. The number of fused-ring (bicyclic) bond motifs is 2. The lowest BCUT2D eigenvalue weighted by atomic mass is 9.89. The van der Waals surface area contributed by atoms with E-state index >= 15 is 0 Å². The van der Waals surface area contributed by atoms with E-state index in [1.54, 1.807) is 17.8 Å². The van der Waals surface area contributed by atoms with Crippen LogP contribution in [0.25, 0.3) is 0 Å². The number of anilines is 2. The monoisotopic (exact) mass is 468 g/mol. The summed E-state index contributed by atoms with van der Waals surface area (Å²) in [4.78, 5) is 6.54. The van der Waals surface area contributed by atoms with Gasteiger partial charge < -0.3 is 9.80 Å². The zero-order valence-electron chi connectivity index (χ0n) is 18.4. The summed E-state index contributed by atoms with van der Waals surface area (Å²) in [5, 5.41) is 0. The third-order valence-electron chi connectivity index (χ3n) is 6.67. The highest BCUT2D eigenvalue weighted by atomic mass is 32.2. The molecule has 0 atom stereocenters. The van der Waals surface area contributed by atoms with Gasteiger partial charge in [-0.3, -0.25) is 0 Å². The van der Waals surface area contributed by atoms with Gasteiger partial charge in [0.25, 0.3) is 0 Å². The van der Waals surface area contributed by atoms with E-state index in [9.17, 15) is 13.2 Å². The van der Waals surface area contributed by atoms with Gasteiger partial charge in [-0.05, 0) is 80.7 Å². The molecule has 0 N–H and O–H groups in total. The first kappa shape index (κ1) is 22.4. The first-order chi connectivity index (χ1) is 16.0. The van der Waals surface area contributed by atoms with Crippen molar-refractivity contribution < 1.29 is 13.2 Å². The smallest absolute Gasteiger partial charge is 0.340 e. The molecular weight excluding hydrogens is 441 g/mol. The second-order valence-electron chi connectivity index (χ2n) is 8.78. The van der Waals surface area contributed by atoms with Crippen molar-refractivity contribution >= 4 is 23.1 Å². The van der Waals surface area contributed by atoms with Crippen LogP contribution < -0.4 is 4.90 Å². The summed E-state index contributed by atoms with van der Waals surface area (Å²) in [5.41, 5.74) is 2.50. The van der Waals surface area contributed by atoms with Crippen LogP contribution in [0.15, 0.2) is 82.6 Å². The fraction of sp³-hybridized carbons (Fsp3) is 0.333. The Morgan fingerprint density at radius 1 is 0.788 bits per heavy atom. The Balaban J connectivity index is 1.26. The van der Waals surface area contributed by atoms with Gasteiger partial charge in [0.05, 0.1) is 16.9 Å². The van der Waals surface area contributed by atoms with Crippen molar-refractivity contribution in [2.24, 2.45) is 0 Å². The number of benzene rings is 3. The molecule has 2 nitrogen and oxygen atoms in total. The standard InChI is InChI=1S/C27H27F3N2S/c28-27(29,30)22-11-12-26-24(19-22)32(23-9-4-5-10-25(23)33-26)16-6-15-31-17-13-21(14-18-31)20-7-2-1-3-8-20/h1-5,7-12,19,21H,6,13-18H2. The molecule has 1 saturated heterocycles. The summed E-state index contributed by atoms with van der Waals surface area (Å²) < 4.78 is 40.2. The maximum absolute atomic E-state index is 13.4. The van der Waals surface area contributed by atoms with Crippen molar-refractivity contribution in [1.82, 2.24) is 4.90 Å². The lowest BCUT2D eigenvalue weighted by Crippen LogP contribution is -2.35. The summed E-state index contributed by atoms with van der Waals surface area (Å²) in [5.74, 6) is 0.626. The van der Waals surface area contributed by atoms with Gasteiger partial charge in [-0.15, -0.1) is 0 Å². The Morgan fingerprint density at radius 3 is 2.24 bits per heavy atom. The van der Waals surface area contributed by atoms with Gasteiger partial charge in [-0.1, -0.05) is 54.2 Å². The fourth-order valence-corrected chi connectivity index (χ4v) is 5.99. The highest BCUT2D eigenvalue weighted by Crippen LogP contribution is 2.49. The summed E-state index contributed by atoms with van der Waals surface area (Å²) in [6.45, 7) is 3.80. The molecule has 0 aromatic heterocycles. The fourth-order valence-electron chi connectivity index (χ4n) is 4.91. The molecule has 0 spiro atoms. The molecule has 6 heteroatoms. The SMILES string of the molecule is FC(F)(F)c1ccc2c(c1)N(CCCN1CCC(c3ccccc3)CC1)c1ccccc1S2. The van der Waals surface area contributed by atoms with E-state index in [1.807, 2.05) is 24.3 Å². The van der Waals surface area contributed by atoms with Crippen molar-refractivity contribution in [3.8, 4) is 0 Å². The van der Waals surface area contributed by atoms with Crippen LogP contribution in [-0.4, -0.2) is 31.1 Å². The van der Waals surface area contributed by atoms with Crippen molar-refractivity contribution in [3.05, 3.63) is 83.9 Å². The van der Waals surface area contributed by atoms with E-state index < -0.39 is 11.7 Å². The van der Waals surface area contributed by atoms with Crippen LogP contribution in [0.2, 0.25) is 0 Å². The number of alkyl halides is 3. The van der Waals surface area contributed by atoms with E-state index in [-0.39, 0.29) is 0 Å². The number of likely N-dealkylation sites (tertiary alicyclic amines) is 1. The van der Waals surface area contributed by atoms with Crippen LogP contribution in [0.4, 0.5) is 24.5 Å². The maximum Gasteiger partial charge on any atom is 0.416 e. The molecule has 2 aliphatic rings. The topological polar surface area (TPSA) is 6.48 Å². The molecule has 2 heterocycles. The zero-order valence-corrected chi connectivity index (χ0v) is 19.2. The molecule has 0 bridgehead atoms. The third kappa shape index (κ3) is 4.92. The first-order valence-corrected chi connectivity index (χ1v) is 12.3. The molecule has 0 amide bonds. The highest BCUT2D eigenvalue weighted by molar-refractivity contribution is 7.99. The highest BCUT2D eigenvalue weighted by Gasteiger charge is 2.33. The van der Waals surface area contributed by atoms with E-state index in [0.717, 1.165) is 54.4 Å². The maximum atomic E-state index is 13.4. The van der Waals surface area contributed by atoms with E-state index in [4.69, 9.17) is 0 Å². The van der Waals surface area contributed by atoms with Gasteiger partial charge >= 0.3 is 6.18 Å².